The Hall–Kier alpha value is -2.25. The summed E-state index contributed by atoms with van der Waals surface area (Å²) in [6.07, 6.45) is 0.554. The minimum atomic E-state index is -1.33. The standard InChI is InChI=1S/C18H27N3O4/c1-11(2)9-14(19)16(22)21(12(3)18(24)25)17(23)15(20)10-13-7-5-4-6-8-13/h4-8,11-12,14-15H,9-10,19-20H2,1-3H3,(H,24,25). The predicted molar refractivity (Wildman–Crippen MR) is 94.5 cm³/mol. The van der Waals surface area contributed by atoms with E-state index in [2.05, 4.69) is 0 Å². The number of nitrogens with zero attached hydrogens (tertiary/aromatic N) is 1. The minimum absolute atomic E-state index is 0.133. The lowest BCUT2D eigenvalue weighted by Crippen LogP contribution is -2.57. The van der Waals surface area contributed by atoms with Crippen molar-refractivity contribution < 1.29 is 19.5 Å². The van der Waals surface area contributed by atoms with Crippen LogP contribution in [0.5, 0.6) is 0 Å². The molecule has 0 aliphatic heterocycles. The molecule has 0 aromatic heterocycles. The summed E-state index contributed by atoms with van der Waals surface area (Å²) < 4.78 is 0. The van der Waals surface area contributed by atoms with Crippen molar-refractivity contribution in [3.8, 4) is 0 Å². The number of hydrogen-bond donors (Lipinski definition) is 3. The van der Waals surface area contributed by atoms with Crippen LogP contribution in [0.4, 0.5) is 0 Å². The molecule has 0 heterocycles. The number of amides is 2. The Bertz CT molecular complexity index is 604. The lowest BCUT2D eigenvalue weighted by atomic mass is 10.0. The van der Waals surface area contributed by atoms with Crippen molar-refractivity contribution in [2.24, 2.45) is 17.4 Å². The number of carboxylic acid groups (broad SMARTS) is 1. The van der Waals surface area contributed by atoms with E-state index in [1.807, 2.05) is 44.2 Å². The van der Waals surface area contributed by atoms with Crippen LogP contribution in [0, 0.1) is 5.92 Å². The first-order valence-corrected chi connectivity index (χ1v) is 8.30. The first kappa shape index (κ1) is 20.8. The van der Waals surface area contributed by atoms with Crippen LogP contribution in [0.3, 0.4) is 0 Å². The maximum atomic E-state index is 12.7. The smallest absolute Gasteiger partial charge is 0.326 e. The zero-order chi connectivity index (χ0) is 19.1. The molecule has 1 rings (SSSR count). The van der Waals surface area contributed by atoms with Crippen LogP contribution in [0.1, 0.15) is 32.8 Å². The maximum absolute atomic E-state index is 12.7. The molecule has 0 radical (unpaired) electrons. The molecule has 2 amide bonds. The molecule has 7 nitrogen and oxygen atoms in total. The van der Waals surface area contributed by atoms with Gasteiger partial charge in [-0.3, -0.25) is 14.5 Å². The quantitative estimate of drug-likeness (QED) is 0.636. The van der Waals surface area contributed by atoms with Gasteiger partial charge in [0.15, 0.2) is 0 Å². The average Bonchev–Trinajstić information content (AvgIpc) is 2.54. The molecule has 0 saturated carbocycles. The Morgan fingerprint density at radius 2 is 1.52 bits per heavy atom. The molecule has 3 atom stereocenters. The van der Waals surface area contributed by atoms with E-state index in [1.165, 1.54) is 6.92 Å². The number of hydrogen-bond acceptors (Lipinski definition) is 5. The summed E-state index contributed by atoms with van der Waals surface area (Å²) in [5, 5.41) is 9.26. The summed E-state index contributed by atoms with van der Waals surface area (Å²) in [5.41, 5.74) is 12.6. The van der Waals surface area contributed by atoms with Crippen molar-refractivity contribution >= 4 is 17.8 Å². The largest absolute Gasteiger partial charge is 0.480 e. The highest BCUT2D eigenvalue weighted by Gasteiger charge is 2.36. The Labute approximate surface area is 148 Å². The number of carbonyl (C=O) groups excluding carboxylic acids is 2. The summed E-state index contributed by atoms with van der Waals surface area (Å²) in [5.74, 6) is -2.60. The third-order valence-corrected chi connectivity index (χ3v) is 3.88. The fourth-order valence-corrected chi connectivity index (χ4v) is 2.52. The summed E-state index contributed by atoms with van der Waals surface area (Å²) in [6, 6.07) is 5.77. The van der Waals surface area contributed by atoms with Gasteiger partial charge in [-0.05, 0) is 31.2 Å². The Morgan fingerprint density at radius 1 is 1.00 bits per heavy atom. The Balaban J connectivity index is 2.99. The van der Waals surface area contributed by atoms with Gasteiger partial charge in [-0.25, -0.2) is 4.79 Å². The fourth-order valence-electron chi connectivity index (χ4n) is 2.52. The number of carbonyl (C=O) groups is 3. The van der Waals surface area contributed by atoms with E-state index >= 15 is 0 Å². The molecule has 0 aliphatic carbocycles. The summed E-state index contributed by atoms with van der Waals surface area (Å²) in [4.78, 5) is 37.3. The van der Waals surface area contributed by atoms with Crippen LogP contribution >= 0.6 is 0 Å². The van der Waals surface area contributed by atoms with E-state index in [4.69, 9.17) is 11.5 Å². The number of benzene rings is 1. The maximum Gasteiger partial charge on any atom is 0.326 e. The molecule has 0 bridgehead atoms. The molecular formula is C18H27N3O4. The molecule has 5 N–H and O–H groups in total. The van der Waals surface area contributed by atoms with Crippen LogP contribution in [-0.2, 0) is 20.8 Å². The molecule has 0 fully saturated rings. The second-order valence-electron chi connectivity index (χ2n) is 6.59. The van der Waals surface area contributed by atoms with E-state index in [1.54, 1.807) is 0 Å². The third kappa shape index (κ3) is 5.95. The first-order chi connectivity index (χ1) is 11.6. The molecule has 7 heteroatoms. The van der Waals surface area contributed by atoms with Gasteiger partial charge < -0.3 is 16.6 Å². The lowest BCUT2D eigenvalue weighted by molar-refractivity contribution is -0.158. The highest BCUT2D eigenvalue weighted by molar-refractivity contribution is 6.03. The van der Waals surface area contributed by atoms with Crippen LogP contribution in [0.15, 0.2) is 30.3 Å². The van der Waals surface area contributed by atoms with Gasteiger partial charge in [0.25, 0.3) is 0 Å². The topological polar surface area (TPSA) is 127 Å². The zero-order valence-corrected chi connectivity index (χ0v) is 14.9. The monoisotopic (exact) mass is 349 g/mol. The van der Waals surface area contributed by atoms with Crippen molar-refractivity contribution in [1.29, 1.82) is 0 Å². The van der Waals surface area contributed by atoms with Crippen molar-refractivity contribution in [2.75, 3.05) is 0 Å². The molecule has 25 heavy (non-hydrogen) atoms. The second-order valence-corrected chi connectivity index (χ2v) is 6.59. The number of carboxylic acids is 1. The van der Waals surface area contributed by atoms with Gasteiger partial charge in [-0.2, -0.15) is 0 Å². The summed E-state index contributed by atoms with van der Waals surface area (Å²) in [7, 11) is 0. The van der Waals surface area contributed by atoms with Gasteiger partial charge in [0.1, 0.15) is 6.04 Å². The number of imide groups is 1. The van der Waals surface area contributed by atoms with Crippen LogP contribution < -0.4 is 11.5 Å². The molecule has 0 aliphatic rings. The molecule has 0 saturated heterocycles. The zero-order valence-electron chi connectivity index (χ0n) is 14.9. The highest BCUT2D eigenvalue weighted by Crippen LogP contribution is 2.12. The van der Waals surface area contributed by atoms with Gasteiger partial charge in [-0.1, -0.05) is 44.2 Å². The Kier molecular flexibility index (Phi) is 7.73. The van der Waals surface area contributed by atoms with Crippen LogP contribution in [0.2, 0.25) is 0 Å². The molecule has 0 spiro atoms. The third-order valence-electron chi connectivity index (χ3n) is 3.88. The van der Waals surface area contributed by atoms with Crippen molar-refractivity contribution in [3.05, 3.63) is 35.9 Å². The van der Waals surface area contributed by atoms with E-state index in [0.29, 0.717) is 11.3 Å². The van der Waals surface area contributed by atoms with Crippen molar-refractivity contribution in [3.63, 3.8) is 0 Å². The van der Waals surface area contributed by atoms with Crippen LogP contribution in [0.25, 0.3) is 0 Å². The molecule has 3 unspecified atom stereocenters. The van der Waals surface area contributed by atoms with E-state index in [-0.39, 0.29) is 12.3 Å². The SMILES string of the molecule is CC(C)CC(N)C(=O)N(C(=O)C(N)Cc1ccccc1)C(C)C(=O)O. The van der Waals surface area contributed by atoms with E-state index in [0.717, 1.165) is 5.56 Å². The molecule has 138 valence electrons. The summed E-state index contributed by atoms with van der Waals surface area (Å²) >= 11 is 0. The molecule has 1 aromatic rings. The second kappa shape index (κ2) is 9.29. The highest BCUT2D eigenvalue weighted by atomic mass is 16.4. The van der Waals surface area contributed by atoms with E-state index < -0.39 is 35.9 Å². The summed E-state index contributed by atoms with van der Waals surface area (Å²) in [6.45, 7) is 5.05. The van der Waals surface area contributed by atoms with Gasteiger partial charge in [0.05, 0.1) is 12.1 Å². The van der Waals surface area contributed by atoms with E-state index in [9.17, 15) is 19.5 Å². The van der Waals surface area contributed by atoms with Crippen molar-refractivity contribution in [2.45, 2.75) is 51.7 Å². The normalized spacial score (nSPS) is 14.6. The Morgan fingerprint density at radius 3 is 2.00 bits per heavy atom. The minimum Gasteiger partial charge on any atom is -0.480 e. The fraction of sp³-hybridized carbons (Fsp3) is 0.500. The average molecular weight is 349 g/mol. The number of rotatable bonds is 8. The van der Waals surface area contributed by atoms with Gasteiger partial charge >= 0.3 is 5.97 Å². The first-order valence-electron chi connectivity index (χ1n) is 8.30. The molecule has 1 aromatic carbocycles. The van der Waals surface area contributed by atoms with Crippen molar-refractivity contribution in [1.82, 2.24) is 4.90 Å². The van der Waals surface area contributed by atoms with Crippen LogP contribution in [-0.4, -0.2) is 45.9 Å². The lowest BCUT2D eigenvalue weighted by Gasteiger charge is -2.30. The number of nitrogens with two attached hydrogens (primary N) is 2. The number of aliphatic carboxylic acids is 1. The molecular weight excluding hydrogens is 322 g/mol. The van der Waals surface area contributed by atoms with Gasteiger partial charge in [-0.15, -0.1) is 0 Å². The predicted octanol–water partition coefficient (Wildman–Crippen LogP) is 0.758. The van der Waals surface area contributed by atoms with Gasteiger partial charge in [0, 0.05) is 0 Å². The van der Waals surface area contributed by atoms with Gasteiger partial charge in [0.2, 0.25) is 11.8 Å².